The van der Waals surface area contributed by atoms with E-state index in [4.69, 9.17) is 11.6 Å². The summed E-state index contributed by atoms with van der Waals surface area (Å²) in [6.07, 6.45) is 2.11. The van der Waals surface area contributed by atoms with Crippen LogP contribution in [0.1, 0.15) is 18.5 Å². The molecule has 0 radical (unpaired) electrons. The second kappa shape index (κ2) is 3.54. The minimum atomic E-state index is 0.363. The van der Waals surface area contributed by atoms with E-state index in [0.29, 0.717) is 11.4 Å². The molecule has 1 aliphatic rings. The Hall–Kier alpha value is -0.760. The van der Waals surface area contributed by atoms with E-state index < -0.39 is 0 Å². The van der Waals surface area contributed by atoms with Crippen molar-refractivity contribution in [2.24, 2.45) is 0 Å². The third-order valence-corrected chi connectivity index (χ3v) is 2.68. The van der Waals surface area contributed by atoms with E-state index in [1.54, 1.807) is 0 Å². The maximum Gasteiger partial charge on any atom is 0.126 e. The Balaban J connectivity index is 1.94. The molecule has 1 fully saturated rings. The number of pyridine rings is 1. The summed E-state index contributed by atoms with van der Waals surface area (Å²) in [6.45, 7) is 2.00. The highest BCUT2D eigenvalue weighted by atomic mass is 35.5. The van der Waals surface area contributed by atoms with Gasteiger partial charge in [0.25, 0.3) is 0 Å². The molecule has 70 valence electrons. The summed E-state index contributed by atoms with van der Waals surface area (Å²) in [5, 5.41) is 3.72. The average Bonchev–Trinajstić information content (AvgIpc) is 2.01. The van der Waals surface area contributed by atoms with Gasteiger partial charge in [0.1, 0.15) is 5.82 Å². The van der Waals surface area contributed by atoms with Crippen molar-refractivity contribution in [1.82, 2.24) is 4.98 Å². The van der Waals surface area contributed by atoms with Gasteiger partial charge < -0.3 is 5.32 Å². The van der Waals surface area contributed by atoms with Crippen molar-refractivity contribution in [1.29, 1.82) is 0 Å². The number of alkyl halides is 1. The predicted molar refractivity (Wildman–Crippen MR) is 55.3 cm³/mol. The number of aromatic nitrogens is 1. The van der Waals surface area contributed by atoms with Gasteiger partial charge in [-0.1, -0.05) is 6.07 Å². The monoisotopic (exact) mass is 196 g/mol. The SMILES string of the molecule is Cc1cccc(NC2CC(Cl)C2)n1. The normalized spacial score (nSPS) is 26.6. The van der Waals surface area contributed by atoms with Crippen molar-refractivity contribution >= 4 is 17.4 Å². The molecule has 0 spiro atoms. The largest absolute Gasteiger partial charge is 0.367 e. The molecule has 0 aliphatic heterocycles. The van der Waals surface area contributed by atoms with Gasteiger partial charge in [-0.3, -0.25) is 0 Å². The first-order valence-electron chi connectivity index (χ1n) is 4.58. The Bertz CT molecular complexity index is 295. The molecule has 3 heteroatoms. The van der Waals surface area contributed by atoms with Crippen LogP contribution in [0.3, 0.4) is 0 Å². The Labute approximate surface area is 83.3 Å². The smallest absolute Gasteiger partial charge is 0.126 e. The minimum absolute atomic E-state index is 0.363. The fourth-order valence-corrected chi connectivity index (χ4v) is 1.93. The van der Waals surface area contributed by atoms with Crippen LogP contribution < -0.4 is 5.32 Å². The van der Waals surface area contributed by atoms with Crippen molar-refractivity contribution in [3.8, 4) is 0 Å². The second-order valence-electron chi connectivity index (χ2n) is 3.57. The van der Waals surface area contributed by atoms with E-state index in [1.807, 2.05) is 25.1 Å². The van der Waals surface area contributed by atoms with Crippen LogP contribution in [0.4, 0.5) is 5.82 Å². The van der Waals surface area contributed by atoms with Crippen molar-refractivity contribution in [2.45, 2.75) is 31.2 Å². The maximum absolute atomic E-state index is 5.88. The van der Waals surface area contributed by atoms with Crippen LogP contribution >= 0.6 is 11.6 Å². The van der Waals surface area contributed by atoms with E-state index in [1.165, 1.54) is 0 Å². The molecule has 1 aromatic rings. The van der Waals surface area contributed by atoms with E-state index in [0.717, 1.165) is 24.4 Å². The van der Waals surface area contributed by atoms with Gasteiger partial charge in [-0.15, -0.1) is 11.6 Å². The lowest BCUT2D eigenvalue weighted by atomic mass is 9.92. The lowest BCUT2D eigenvalue weighted by Gasteiger charge is -2.31. The van der Waals surface area contributed by atoms with Crippen LogP contribution in [-0.4, -0.2) is 16.4 Å². The molecule has 0 saturated heterocycles. The molecule has 1 saturated carbocycles. The van der Waals surface area contributed by atoms with Crippen LogP contribution in [0.2, 0.25) is 0 Å². The minimum Gasteiger partial charge on any atom is -0.367 e. The summed E-state index contributed by atoms with van der Waals surface area (Å²) in [5.74, 6) is 0.966. The Morgan fingerprint density at radius 3 is 2.85 bits per heavy atom. The van der Waals surface area contributed by atoms with E-state index >= 15 is 0 Å². The van der Waals surface area contributed by atoms with Gasteiger partial charge >= 0.3 is 0 Å². The van der Waals surface area contributed by atoms with E-state index in [2.05, 4.69) is 10.3 Å². The van der Waals surface area contributed by atoms with Gasteiger partial charge in [0, 0.05) is 17.1 Å². The number of rotatable bonds is 2. The molecule has 1 N–H and O–H groups in total. The highest BCUT2D eigenvalue weighted by molar-refractivity contribution is 6.21. The highest BCUT2D eigenvalue weighted by Crippen LogP contribution is 2.27. The fraction of sp³-hybridized carbons (Fsp3) is 0.500. The first kappa shape index (κ1) is 8.82. The molecule has 2 nitrogen and oxygen atoms in total. The van der Waals surface area contributed by atoms with Crippen LogP contribution in [0.5, 0.6) is 0 Å². The van der Waals surface area contributed by atoms with E-state index in [-0.39, 0.29) is 0 Å². The van der Waals surface area contributed by atoms with Gasteiger partial charge in [0.15, 0.2) is 0 Å². The molecule has 2 rings (SSSR count). The molecule has 1 heterocycles. The summed E-state index contributed by atoms with van der Waals surface area (Å²) in [4.78, 5) is 4.37. The fourth-order valence-electron chi connectivity index (χ4n) is 1.50. The molecule has 0 amide bonds. The zero-order chi connectivity index (χ0) is 9.26. The second-order valence-corrected chi connectivity index (χ2v) is 4.19. The molecule has 0 bridgehead atoms. The number of anilines is 1. The topological polar surface area (TPSA) is 24.9 Å². The van der Waals surface area contributed by atoms with Crippen molar-refractivity contribution < 1.29 is 0 Å². The standard InChI is InChI=1S/C10H13ClN2/c1-7-3-2-4-10(12-7)13-9-5-8(11)6-9/h2-4,8-9H,5-6H2,1H3,(H,12,13). The van der Waals surface area contributed by atoms with Gasteiger partial charge in [-0.05, 0) is 31.9 Å². The zero-order valence-corrected chi connectivity index (χ0v) is 8.38. The quantitative estimate of drug-likeness (QED) is 0.736. The third kappa shape index (κ3) is 2.13. The van der Waals surface area contributed by atoms with Crippen molar-refractivity contribution in [3.05, 3.63) is 23.9 Å². The molecule has 0 atom stereocenters. The first-order chi connectivity index (χ1) is 6.24. The van der Waals surface area contributed by atoms with Gasteiger partial charge in [0.05, 0.1) is 0 Å². The summed E-state index contributed by atoms with van der Waals surface area (Å²) in [7, 11) is 0. The molecule has 1 aliphatic carbocycles. The maximum atomic E-state index is 5.88. The predicted octanol–water partition coefficient (Wildman–Crippen LogP) is 2.57. The van der Waals surface area contributed by atoms with Gasteiger partial charge in [-0.2, -0.15) is 0 Å². The first-order valence-corrected chi connectivity index (χ1v) is 5.02. The van der Waals surface area contributed by atoms with E-state index in [9.17, 15) is 0 Å². The summed E-state index contributed by atoms with van der Waals surface area (Å²) in [5.41, 5.74) is 1.05. The molecular formula is C10H13ClN2. The third-order valence-electron chi connectivity index (χ3n) is 2.32. The molecule has 0 aromatic carbocycles. The number of aryl methyl sites for hydroxylation is 1. The zero-order valence-electron chi connectivity index (χ0n) is 7.63. The van der Waals surface area contributed by atoms with Crippen LogP contribution in [0.15, 0.2) is 18.2 Å². The van der Waals surface area contributed by atoms with Crippen LogP contribution in [-0.2, 0) is 0 Å². The van der Waals surface area contributed by atoms with Gasteiger partial charge in [-0.25, -0.2) is 4.98 Å². The Morgan fingerprint density at radius 2 is 2.23 bits per heavy atom. The van der Waals surface area contributed by atoms with Crippen LogP contribution in [0.25, 0.3) is 0 Å². The molecule has 0 unspecified atom stereocenters. The summed E-state index contributed by atoms with van der Waals surface area (Å²) >= 11 is 5.88. The molecule has 13 heavy (non-hydrogen) atoms. The average molecular weight is 197 g/mol. The Kier molecular flexibility index (Phi) is 2.40. The molecular weight excluding hydrogens is 184 g/mol. The summed E-state index contributed by atoms with van der Waals surface area (Å²) in [6, 6.07) is 6.53. The lowest BCUT2D eigenvalue weighted by Crippen LogP contribution is -2.36. The number of hydrogen-bond donors (Lipinski definition) is 1. The Morgan fingerprint density at radius 1 is 1.46 bits per heavy atom. The number of nitrogens with one attached hydrogen (secondary N) is 1. The highest BCUT2D eigenvalue weighted by Gasteiger charge is 2.26. The van der Waals surface area contributed by atoms with Crippen molar-refractivity contribution in [3.63, 3.8) is 0 Å². The lowest BCUT2D eigenvalue weighted by molar-refractivity contribution is 0.453. The number of halogens is 1. The van der Waals surface area contributed by atoms with Gasteiger partial charge in [0.2, 0.25) is 0 Å². The molecule has 1 aromatic heterocycles. The van der Waals surface area contributed by atoms with Crippen molar-refractivity contribution in [2.75, 3.05) is 5.32 Å². The number of nitrogens with zero attached hydrogens (tertiary/aromatic N) is 1. The number of hydrogen-bond acceptors (Lipinski definition) is 2. The summed E-state index contributed by atoms with van der Waals surface area (Å²) < 4.78 is 0. The van der Waals surface area contributed by atoms with Crippen LogP contribution in [0, 0.1) is 6.92 Å².